The Labute approximate surface area is 112 Å². The smallest absolute Gasteiger partial charge is 0.137 e. The Bertz CT molecular complexity index is 714. The van der Waals surface area contributed by atoms with Gasteiger partial charge in [-0.15, -0.1) is 0 Å². The third kappa shape index (κ3) is 1.92. The highest BCUT2D eigenvalue weighted by Crippen LogP contribution is 2.29. The van der Waals surface area contributed by atoms with E-state index in [0.717, 1.165) is 28.3 Å². The fraction of sp³-hybridized carbons (Fsp3) is 0.188. The quantitative estimate of drug-likeness (QED) is 0.759. The largest absolute Gasteiger partial charge is 0.387 e. The van der Waals surface area contributed by atoms with Gasteiger partial charge >= 0.3 is 0 Å². The van der Waals surface area contributed by atoms with Crippen molar-refractivity contribution in [2.75, 3.05) is 0 Å². The molecule has 3 rings (SSSR count). The van der Waals surface area contributed by atoms with Crippen molar-refractivity contribution in [3.05, 3.63) is 59.9 Å². The molecule has 1 atom stereocenters. The number of benzene rings is 1. The van der Waals surface area contributed by atoms with E-state index in [9.17, 15) is 5.11 Å². The standard InChI is InChI=1S/C16H16N2O/c1-11-7-6-10-14-17-15(13-8-4-3-5-9-13)16(12(2)19)18(11)14/h3-10,12,19H,1-2H3. The Kier molecular flexibility index (Phi) is 2.84. The molecule has 0 aliphatic rings. The van der Waals surface area contributed by atoms with Crippen LogP contribution in [0.1, 0.15) is 24.4 Å². The molecule has 0 saturated carbocycles. The lowest BCUT2D eigenvalue weighted by atomic mass is 10.1. The Morgan fingerprint density at radius 2 is 1.79 bits per heavy atom. The zero-order chi connectivity index (χ0) is 13.4. The fourth-order valence-electron chi connectivity index (χ4n) is 2.47. The number of aliphatic hydroxyl groups is 1. The predicted octanol–water partition coefficient (Wildman–Crippen LogP) is 3.36. The molecule has 0 fully saturated rings. The highest BCUT2D eigenvalue weighted by Gasteiger charge is 2.18. The van der Waals surface area contributed by atoms with Crippen molar-refractivity contribution >= 4 is 5.65 Å². The molecule has 3 aromatic rings. The summed E-state index contributed by atoms with van der Waals surface area (Å²) in [5.74, 6) is 0. The molecule has 0 aliphatic heterocycles. The SMILES string of the molecule is Cc1cccc2nc(-c3ccccc3)c(C(C)O)n12. The first-order chi connectivity index (χ1) is 9.18. The van der Waals surface area contributed by atoms with E-state index in [1.165, 1.54) is 0 Å². The van der Waals surface area contributed by atoms with Crippen molar-refractivity contribution in [2.24, 2.45) is 0 Å². The van der Waals surface area contributed by atoms with Gasteiger partial charge in [-0.1, -0.05) is 36.4 Å². The van der Waals surface area contributed by atoms with Crippen molar-refractivity contribution in [3.8, 4) is 11.3 Å². The molecule has 1 N–H and O–H groups in total. The molecule has 1 aromatic carbocycles. The van der Waals surface area contributed by atoms with Crippen LogP contribution in [0.4, 0.5) is 0 Å². The molecule has 3 heteroatoms. The summed E-state index contributed by atoms with van der Waals surface area (Å²) in [7, 11) is 0. The Morgan fingerprint density at radius 3 is 2.47 bits per heavy atom. The van der Waals surface area contributed by atoms with E-state index in [-0.39, 0.29) is 0 Å². The molecule has 1 unspecified atom stereocenters. The van der Waals surface area contributed by atoms with E-state index in [1.807, 2.05) is 59.9 Å². The van der Waals surface area contributed by atoms with E-state index < -0.39 is 6.10 Å². The first-order valence-electron chi connectivity index (χ1n) is 6.40. The van der Waals surface area contributed by atoms with Crippen molar-refractivity contribution in [3.63, 3.8) is 0 Å². The topological polar surface area (TPSA) is 37.5 Å². The minimum absolute atomic E-state index is 0.564. The summed E-state index contributed by atoms with van der Waals surface area (Å²) in [6.07, 6.45) is -0.564. The van der Waals surface area contributed by atoms with Gasteiger partial charge in [0.05, 0.1) is 17.5 Å². The van der Waals surface area contributed by atoms with Crippen molar-refractivity contribution in [1.29, 1.82) is 0 Å². The summed E-state index contributed by atoms with van der Waals surface area (Å²) in [4.78, 5) is 4.67. The van der Waals surface area contributed by atoms with Crippen LogP contribution in [0.2, 0.25) is 0 Å². The number of pyridine rings is 1. The van der Waals surface area contributed by atoms with Gasteiger partial charge in [0.1, 0.15) is 5.65 Å². The van der Waals surface area contributed by atoms with Gasteiger partial charge in [0.25, 0.3) is 0 Å². The number of aromatic nitrogens is 2. The second-order valence-corrected chi connectivity index (χ2v) is 4.75. The molecule has 2 aromatic heterocycles. The normalized spacial score (nSPS) is 12.8. The van der Waals surface area contributed by atoms with Crippen LogP contribution >= 0.6 is 0 Å². The zero-order valence-corrected chi connectivity index (χ0v) is 11.0. The maximum absolute atomic E-state index is 10.1. The van der Waals surface area contributed by atoms with Gasteiger partial charge < -0.3 is 5.11 Å². The van der Waals surface area contributed by atoms with Crippen LogP contribution in [0, 0.1) is 6.92 Å². The van der Waals surface area contributed by atoms with Crippen LogP contribution in [0.3, 0.4) is 0 Å². The summed E-state index contributed by atoms with van der Waals surface area (Å²) >= 11 is 0. The highest BCUT2D eigenvalue weighted by molar-refractivity contribution is 5.67. The average Bonchev–Trinajstić information content (AvgIpc) is 2.81. The van der Waals surface area contributed by atoms with Crippen LogP contribution in [0.25, 0.3) is 16.9 Å². The van der Waals surface area contributed by atoms with Crippen LogP contribution in [-0.2, 0) is 0 Å². The monoisotopic (exact) mass is 252 g/mol. The number of aliphatic hydroxyl groups excluding tert-OH is 1. The molecule has 0 aliphatic carbocycles. The third-order valence-electron chi connectivity index (χ3n) is 3.32. The number of hydrogen-bond donors (Lipinski definition) is 1. The van der Waals surface area contributed by atoms with E-state index in [0.29, 0.717) is 0 Å². The fourth-order valence-corrected chi connectivity index (χ4v) is 2.47. The molecule has 2 heterocycles. The molecule has 19 heavy (non-hydrogen) atoms. The molecule has 0 amide bonds. The lowest BCUT2D eigenvalue weighted by molar-refractivity contribution is 0.194. The Morgan fingerprint density at radius 1 is 1.05 bits per heavy atom. The lowest BCUT2D eigenvalue weighted by Crippen LogP contribution is -2.01. The summed E-state index contributed by atoms with van der Waals surface area (Å²) in [6.45, 7) is 3.80. The minimum Gasteiger partial charge on any atom is -0.387 e. The van der Waals surface area contributed by atoms with Crippen LogP contribution < -0.4 is 0 Å². The van der Waals surface area contributed by atoms with Crippen LogP contribution in [0.15, 0.2) is 48.5 Å². The number of rotatable bonds is 2. The highest BCUT2D eigenvalue weighted by atomic mass is 16.3. The molecular formula is C16H16N2O. The summed E-state index contributed by atoms with van der Waals surface area (Å²) in [5, 5.41) is 10.1. The molecular weight excluding hydrogens is 236 g/mol. The van der Waals surface area contributed by atoms with Crippen LogP contribution in [-0.4, -0.2) is 14.5 Å². The minimum atomic E-state index is -0.564. The van der Waals surface area contributed by atoms with E-state index in [2.05, 4.69) is 4.98 Å². The van der Waals surface area contributed by atoms with Gasteiger partial charge in [0, 0.05) is 11.3 Å². The Hall–Kier alpha value is -2.13. The maximum Gasteiger partial charge on any atom is 0.137 e. The third-order valence-corrected chi connectivity index (χ3v) is 3.32. The number of imidazole rings is 1. The lowest BCUT2D eigenvalue weighted by Gasteiger charge is -2.09. The molecule has 0 saturated heterocycles. The molecule has 96 valence electrons. The number of fused-ring (bicyclic) bond motifs is 1. The Balaban J connectivity index is 2.37. The first kappa shape index (κ1) is 11.9. The molecule has 0 spiro atoms. The first-order valence-corrected chi connectivity index (χ1v) is 6.40. The van der Waals surface area contributed by atoms with E-state index >= 15 is 0 Å². The maximum atomic E-state index is 10.1. The van der Waals surface area contributed by atoms with Gasteiger partial charge in [-0.25, -0.2) is 4.98 Å². The van der Waals surface area contributed by atoms with Crippen molar-refractivity contribution in [2.45, 2.75) is 20.0 Å². The molecule has 3 nitrogen and oxygen atoms in total. The van der Waals surface area contributed by atoms with Gasteiger partial charge in [-0.2, -0.15) is 0 Å². The molecule has 0 bridgehead atoms. The predicted molar refractivity (Wildman–Crippen MR) is 76.0 cm³/mol. The van der Waals surface area contributed by atoms with Crippen molar-refractivity contribution in [1.82, 2.24) is 9.38 Å². The van der Waals surface area contributed by atoms with Gasteiger partial charge in [-0.3, -0.25) is 4.40 Å². The second kappa shape index (κ2) is 4.52. The summed E-state index contributed by atoms with van der Waals surface area (Å²) in [6, 6.07) is 16.0. The van der Waals surface area contributed by atoms with Crippen molar-refractivity contribution < 1.29 is 5.11 Å². The molecule has 0 radical (unpaired) electrons. The van der Waals surface area contributed by atoms with E-state index in [4.69, 9.17) is 0 Å². The van der Waals surface area contributed by atoms with Gasteiger partial charge in [0.15, 0.2) is 0 Å². The summed E-state index contributed by atoms with van der Waals surface area (Å²) in [5.41, 5.74) is 4.67. The average molecular weight is 252 g/mol. The number of nitrogens with zero attached hydrogens (tertiary/aromatic N) is 2. The number of aryl methyl sites for hydroxylation is 1. The van der Waals surface area contributed by atoms with Gasteiger partial charge in [-0.05, 0) is 26.0 Å². The van der Waals surface area contributed by atoms with E-state index in [1.54, 1.807) is 6.92 Å². The van der Waals surface area contributed by atoms with Gasteiger partial charge in [0.2, 0.25) is 0 Å². The second-order valence-electron chi connectivity index (χ2n) is 4.75. The van der Waals surface area contributed by atoms with Crippen LogP contribution in [0.5, 0.6) is 0 Å². The summed E-state index contributed by atoms with van der Waals surface area (Å²) < 4.78 is 2.02. The number of hydrogen-bond acceptors (Lipinski definition) is 2. The zero-order valence-electron chi connectivity index (χ0n) is 11.0.